The van der Waals surface area contributed by atoms with Gasteiger partial charge in [-0.25, -0.2) is 19.3 Å². The van der Waals surface area contributed by atoms with Crippen molar-refractivity contribution in [2.24, 2.45) is 11.8 Å². The number of aromatic nitrogens is 12. The minimum absolute atomic E-state index is 0.0215. The Morgan fingerprint density at radius 3 is 1.26 bits per heavy atom. The summed E-state index contributed by atoms with van der Waals surface area (Å²) in [4.78, 5) is 54.9. The van der Waals surface area contributed by atoms with Crippen LogP contribution in [0.2, 0.25) is 0 Å². The van der Waals surface area contributed by atoms with Crippen molar-refractivity contribution >= 4 is 68.4 Å². The second-order valence-electron chi connectivity index (χ2n) is 21.5. The van der Waals surface area contributed by atoms with E-state index in [-0.39, 0.29) is 35.5 Å². The lowest BCUT2D eigenvalue weighted by atomic mass is 10.0. The lowest BCUT2D eigenvalue weighted by molar-refractivity contribution is -0.136. The zero-order valence-electron chi connectivity index (χ0n) is 48.0. The highest BCUT2D eigenvalue weighted by atomic mass is 16.5. The smallest absolute Gasteiger partial charge is 0.247 e. The summed E-state index contributed by atoms with van der Waals surface area (Å²) in [6.45, 7) is 15.8. The van der Waals surface area contributed by atoms with Crippen LogP contribution in [0.3, 0.4) is 0 Å². The van der Waals surface area contributed by atoms with Crippen LogP contribution in [0, 0.1) is 11.8 Å². The molecule has 12 rings (SSSR count). The molecule has 2 aliphatic heterocycles. The molecule has 0 unspecified atom stereocenters. The lowest BCUT2D eigenvalue weighted by Crippen LogP contribution is -2.51. The van der Waals surface area contributed by atoms with Gasteiger partial charge in [-0.3, -0.25) is 9.59 Å². The van der Waals surface area contributed by atoms with Crippen LogP contribution in [0.25, 0.3) is 56.5 Å². The van der Waals surface area contributed by atoms with Crippen molar-refractivity contribution in [1.29, 1.82) is 0 Å². The number of carbonyl (C=O) groups excluding carboxylic acids is 2. The van der Waals surface area contributed by atoms with Crippen LogP contribution >= 0.6 is 0 Å². The standard InChI is InChI=1S/2C29H35N9O4/c2*1-19(2)17-23(28(39)36-12-10-35(11-13-36)20-6-8-21(9-7-20)41-16-15-40-3)37-27-22(18-31-37)26-32-25(24-5-4-14-42-24)34-38(26)29(30)33-27/h2*4-9,14,18-19,23H,10-13,15-17H2,1-3H3,(H2,30,33)/t2*23-/m10/s1. The molecule has 2 aromatic carbocycles. The number of ether oxygens (including phenoxy) is 4. The highest BCUT2D eigenvalue weighted by Crippen LogP contribution is 2.32. The number of amides is 2. The monoisotopic (exact) mass is 1150 g/mol. The van der Waals surface area contributed by atoms with Crippen molar-refractivity contribution < 1.29 is 37.4 Å². The molecule has 0 radical (unpaired) electrons. The SMILES string of the molecule is COCCOc1ccc(N2CCN(C(=O)[C@@H](CC(C)C)n3ncc4c3nc(N)n3nc(-c5ccco5)nc43)CC2)cc1.COCCOc1ccc(N2CCN(C(=O)[C@H](CC(C)C)n3ncc4c3nc(N)n3nc(-c5ccco5)nc43)CC2)cc1. The number of rotatable bonds is 20. The predicted octanol–water partition coefficient (Wildman–Crippen LogP) is 6.55. The summed E-state index contributed by atoms with van der Waals surface area (Å²) in [5.74, 6) is 4.32. The molecule has 2 atom stereocenters. The molecule has 0 aliphatic carbocycles. The highest BCUT2D eigenvalue weighted by Gasteiger charge is 2.34. The summed E-state index contributed by atoms with van der Waals surface area (Å²) in [5.41, 5.74) is 16.8. The fraction of sp³-hybridized carbons (Fsp3) is 0.414. The number of piperazine rings is 2. The number of anilines is 4. The van der Waals surface area contributed by atoms with Gasteiger partial charge in [0, 0.05) is 78.0 Å². The van der Waals surface area contributed by atoms with Gasteiger partial charge in [-0.15, -0.1) is 10.2 Å². The summed E-state index contributed by atoms with van der Waals surface area (Å²) in [6.07, 6.45) is 7.70. The second-order valence-corrected chi connectivity index (χ2v) is 21.5. The van der Waals surface area contributed by atoms with E-state index in [1.54, 1.807) is 72.8 Å². The Morgan fingerprint density at radius 2 is 0.917 bits per heavy atom. The Kier molecular flexibility index (Phi) is 16.9. The van der Waals surface area contributed by atoms with E-state index in [1.165, 1.54) is 9.03 Å². The minimum Gasteiger partial charge on any atom is -0.491 e. The zero-order valence-corrected chi connectivity index (χ0v) is 48.0. The number of hydrogen-bond donors (Lipinski definition) is 2. The van der Waals surface area contributed by atoms with Crippen molar-refractivity contribution in [2.45, 2.75) is 52.6 Å². The van der Waals surface area contributed by atoms with Crippen LogP contribution in [0.15, 0.2) is 107 Å². The van der Waals surface area contributed by atoms with Crippen molar-refractivity contribution in [3.8, 4) is 34.7 Å². The van der Waals surface area contributed by atoms with Crippen LogP contribution in [-0.4, -0.2) is 173 Å². The van der Waals surface area contributed by atoms with Gasteiger partial charge in [0.15, 0.2) is 34.1 Å². The van der Waals surface area contributed by atoms with Gasteiger partial charge in [0.05, 0.1) is 48.9 Å². The molecular weight excluding hydrogens is 1080 g/mol. The largest absolute Gasteiger partial charge is 0.491 e. The predicted molar refractivity (Wildman–Crippen MR) is 315 cm³/mol. The number of nitrogens with two attached hydrogens (primary N) is 2. The fourth-order valence-electron chi connectivity index (χ4n) is 10.6. The number of fused-ring (bicyclic) bond motifs is 6. The maximum Gasteiger partial charge on any atom is 0.247 e. The first-order valence-corrected chi connectivity index (χ1v) is 28.2. The molecule has 2 saturated heterocycles. The zero-order chi connectivity index (χ0) is 58.4. The van der Waals surface area contributed by atoms with E-state index in [9.17, 15) is 9.59 Å². The molecule has 84 heavy (non-hydrogen) atoms. The number of hydrogen-bond acceptors (Lipinski definition) is 20. The second kappa shape index (κ2) is 25.0. The van der Waals surface area contributed by atoms with E-state index >= 15 is 0 Å². The Bertz CT molecular complexity index is 3550. The van der Waals surface area contributed by atoms with E-state index in [2.05, 4.69) is 102 Å². The van der Waals surface area contributed by atoms with Crippen LogP contribution < -0.4 is 30.7 Å². The van der Waals surface area contributed by atoms with Gasteiger partial charge in [-0.2, -0.15) is 29.2 Å². The van der Waals surface area contributed by atoms with Crippen molar-refractivity contribution in [2.75, 3.05) is 114 Å². The van der Waals surface area contributed by atoms with E-state index in [0.717, 1.165) is 49.1 Å². The molecule has 10 aromatic rings. The summed E-state index contributed by atoms with van der Waals surface area (Å²) < 4.78 is 38.7. The Morgan fingerprint density at radius 1 is 0.524 bits per heavy atom. The molecule has 8 aromatic heterocycles. The molecule has 2 amide bonds. The highest BCUT2D eigenvalue weighted by molar-refractivity contribution is 5.93. The molecule has 2 aliphatic rings. The summed E-state index contributed by atoms with van der Waals surface area (Å²) in [5, 5.41) is 19.5. The topological polar surface area (TPSA) is 284 Å². The summed E-state index contributed by atoms with van der Waals surface area (Å²) >= 11 is 0. The summed E-state index contributed by atoms with van der Waals surface area (Å²) in [7, 11) is 3.31. The van der Waals surface area contributed by atoms with Gasteiger partial charge in [-0.1, -0.05) is 27.7 Å². The van der Waals surface area contributed by atoms with E-state index in [0.29, 0.717) is 122 Å². The molecule has 440 valence electrons. The molecule has 26 heteroatoms. The maximum absolute atomic E-state index is 14.0. The van der Waals surface area contributed by atoms with Gasteiger partial charge < -0.3 is 58.8 Å². The van der Waals surface area contributed by atoms with E-state index < -0.39 is 12.1 Å². The number of nitrogens with zero attached hydrogens (tertiary/aromatic N) is 16. The molecule has 4 N–H and O–H groups in total. The average molecular weight is 1150 g/mol. The van der Waals surface area contributed by atoms with Crippen molar-refractivity contribution in [3.63, 3.8) is 0 Å². The Hall–Kier alpha value is -9.30. The van der Waals surface area contributed by atoms with Crippen molar-refractivity contribution in [1.82, 2.24) is 68.5 Å². The molecule has 2 fully saturated rings. The first-order valence-electron chi connectivity index (χ1n) is 28.2. The first kappa shape index (κ1) is 56.6. The van der Waals surface area contributed by atoms with Gasteiger partial charge >= 0.3 is 0 Å². The molecule has 26 nitrogen and oxygen atoms in total. The van der Waals surface area contributed by atoms with Gasteiger partial charge in [0.1, 0.15) is 36.8 Å². The average Bonchev–Trinajstić information content (AvgIpc) is 3.50. The number of furan rings is 2. The number of benzene rings is 2. The van der Waals surface area contributed by atoms with Gasteiger partial charge in [0.2, 0.25) is 35.4 Å². The molecule has 0 saturated carbocycles. The van der Waals surface area contributed by atoms with Gasteiger partial charge in [0.25, 0.3) is 0 Å². The first-order chi connectivity index (χ1) is 40.8. The summed E-state index contributed by atoms with van der Waals surface area (Å²) in [6, 6.07) is 22.1. The lowest BCUT2D eigenvalue weighted by Gasteiger charge is -2.38. The quantitative estimate of drug-likeness (QED) is 0.0764. The van der Waals surface area contributed by atoms with Gasteiger partial charge in [-0.05, 0) is 97.5 Å². The number of nitrogen functional groups attached to an aromatic ring is 2. The molecule has 0 spiro atoms. The molecule has 0 bridgehead atoms. The van der Waals surface area contributed by atoms with E-state index in [4.69, 9.17) is 39.2 Å². The minimum atomic E-state index is -0.528. The molecular formula is C58H70N18O8. The third-order valence-corrected chi connectivity index (χ3v) is 14.8. The number of methoxy groups -OCH3 is 2. The normalized spacial score (nSPS) is 14.8. The fourth-order valence-corrected chi connectivity index (χ4v) is 10.6. The molecule has 10 heterocycles. The Balaban J connectivity index is 0.000000175. The van der Waals surface area contributed by atoms with E-state index in [1.807, 2.05) is 34.1 Å². The maximum atomic E-state index is 14.0. The Labute approximate surface area is 483 Å². The van der Waals surface area contributed by atoms with Crippen LogP contribution in [0.4, 0.5) is 23.3 Å². The third-order valence-electron chi connectivity index (χ3n) is 14.8. The van der Waals surface area contributed by atoms with Crippen molar-refractivity contribution in [3.05, 3.63) is 97.7 Å². The van der Waals surface area contributed by atoms with Crippen LogP contribution in [0.5, 0.6) is 11.5 Å². The van der Waals surface area contributed by atoms with Crippen LogP contribution in [0.1, 0.15) is 52.6 Å². The third kappa shape index (κ3) is 12.0. The number of carbonyl (C=O) groups is 2. The van der Waals surface area contributed by atoms with Crippen LogP contribution in [-0.2, 0) is 19.1 Å².